The van der Waals surface area contributed by atoms with Gasteiger partial charge in [-0.15, -0.1) is 0 Å². The number of carbonyl (C=O) groups excluding carboxylic acids is 1. The summed E-state index contributed by atoms with van der Waals surface area (Å²) in [6.45, 7) is 9.27. The monoisotopic (exact) mass is 369 g/mol. The lowest BCUT2D eigenvalue weighted by molar-refractivity contribution is 0.0798. The first-order chi connectivity index (χ1) is 12.8. The van der Waals surface area contributed by atoms with Gasteiger partial charge in [-0.3, -0.25) is 4.79 Å². The molecule has 0 saturated carbocycles. The third-order valence-corrected chi connectivity index (χ3v) is 4.65. The van der Waals surface area contributed by atoms with E-state index in [0.29, 0.717) is 17.8 Å². The molecule has 3 heterocycles. The number of nitrogens with zero attached hydrogens (tertiary/aromatic N) is 4. The fourth-order valence-electron chi connectivity index (χ4n) is 3.18. The molecule has 0 radical (unpaired) electrons. The summed E-state index contributed by atoms with van der Waals surface area (Å²) >= 11 is 0. The van der Waals surface area contributed by atoms with E-state index in [1.165, 1.54) is 0 Å². The molecule has 7 nitrogen and oxygen atoms in total. The molecule has 0 atom stereocenters. The van der Waals surface area contributed by atoms with Gasteiger partial charge in [0.2, 0.25) is 0 Å². The average molecular weight is 369 g/mol. The number of aryl methyl sites for hydroxylation is 2. The van der Waals surface area contributed by atoms with Crippen molar-refractivity contribution in [1.29, 1.82) is 0 Å². The lowest BCUT2D eigenvalue weighted by atomic mass is 10.1. The van der Waals surface area contributed by atoms with E-state index in [0.717, 1.165) is 34.7 Å². The molecule has 3 aromatic heterocycles. The summed E-state index contributed by atoms with van der Waals surface area (Å²) in [5.74, 6) is 1.57. The van der Waals surface area contributed by atoms with Gasteiger partial charge in [0.25, 0.3) is 5.91 Å². The van der Waals surface area contributed by atoms with Crippen LogP contribution in [0.15, 0.2) is 22.7 Å². The normalized spacial score (nSPS) is 11.5. The summed E-state index contributed by atoms with van der Waals surface area (Å²) in [5, 5.41) is 8.31. The number of amides is 1. The molecule has 0 aliphatic carbocycles. The number of furan rings is 1. The third kappa shape index (κ3) is 3.60. The van der Waals surface area contributed by atoms with Gasteiger partial charge in [-0.05, 0) is 46.9 Å². The van der Waals surface area contributed by atoms with Crippen molar-refractivity contribution in [3.63, 3.8) is 0 Å². The number of pyridine rings is 1. The Labute approximate surface area is 159 Å². The molecule has 0 saturated heterocycles. The van der Waals surface area contributed by atoms with Crippen molar-refractivity contribution < 1.29 is 9.21 Å². The Bertz CT molecular complexity index is 970. The van der Waals surface area contributed by atoms with Gasteiger partial charge < -0.3 is 14.6 Å². The van der Waals surface area contributed by atoms with Crippen LogP contribution in [0.5, 0.6) is 0 Å². The van der Waals surface area contributed by atoms with Crippen molar-refractivity contribution in [3.8, 4) is 11.3 Å². The van der Waals surface area contributed by atoms with E-state index in [1.807, 2.05) is 44.8 Å². The highest BCUT2D eigenvalue weighted by Crippen LogP contribution is 2.30. The van der Waals surface area contributed by atoms with E-state index in [1.54, 1.807) is 11.1 Å². The average Bonchev–Trinajstić information content (AvgIpc) is 3.20. The highest BCUT2D eigenvalue weighted by Gasteiger charge is 2.22. The number of aromatic nitrogens is 3. The summed E-state index contributed by atoms with van der Waals surface area (Å²) in [5.41, 5.74) is 2.95. The first kappa shape index (κ1) is 19.1. The molecule has 0 spiro atoms. The van der Waals surface area contributed by atoms with Crippen molar-refractivity contribution in [2.24, 2.45) is 0 Å². The lowest BCUT2D eigenvalue weighted by Gasteiger charge is -2.18. The van der Waals surface area contributed by atoms with Crippen LogP contribution in [0, 0.1) is 13.8 Å². The molecule has 7 heteroatoms. The highest BCUT2D eigenvalue weighted by molar-refractivity contribution is 6.06. The van der Waals surface area contributed by atoms with Crippen LogP contribution in [0.2, 0.25) is 0 Å². The molecule has 1 amide bonds. The van der Waals surface area contributed by atoms with E-state index in [2.05, 4.69) is 24.3 Å². The molecule has 3 aromatic rings. The largest absolute Gasteiger partial charge is 0.466 e. The number of likely N-dealkylation sites (N-methyl/N-ethyl adjacent to an activating group) is 2. The van der Waals surface area contributed by atoms with Crippen LogP contribution in [-0.2, 0) is 0 Å². The van der Waals surface area contributed by atoms with Gasteiger partial charge >= 0.3 is 0 Å². The van der Waals surface area contributed by atoms with Crippen LogP contribution in [0.3, 0.4) is 0 Å². The van der Waals surface area contributed by atoms with Crippen molar-refractivity contribution in [1.82, 2.24) is 25.0 Å². The molecular formula is C20H27N5O2. The van der Waals surface area contributed by atoms with Gasteiger partial charge in [0.1, 0.15) is 11.5 Å². The Morgan fingerprint density at radius 2 is 2.07 bits per heavy atom. The number of carbonyl (C=O) groups is 1. The molecule has 0 unspecified atom stereocenters. The first-order valence-corrected chi connectivity index (χ1v) is 9.19. The van der Waals surface area contributed by atoms with Crippen LogP contribution in [0.25, 0.3) is 22.3 Å². The van der Waals surface area contributed by atoms with Crippen molar-refractivity contribution in [3.05, 3.63) is 35.4 Å². The molecule has 0 aliphatic heterocycles. The highest BCUT2D eigenvalue weighted by atomic mass is 16.3. The predicted octanol–water partition coefficient (Wildman–Crippen LogP) is 3.18. The molecular weight excluding hydrogens is 342 g/mol. The van der Waals surface area contributed by atoms with Crippen LogP contribution in [0.4, 0.5) is 0 Å². The zero-order valence-corrected chi connectivity index (χ0v) is 16.8. The number of fused-ring (bicyclic) bond motifs is 1. The van der Waals surface area contributed by atoms with Crippen molar-refractivity contribution >= 4 is 16.9 Å². The molecule has 0 aromatic carbocycles. The quantitative estimate of drug-likeness (QED) is 0.722. The van der Waals surface area contributed by atoms with E-state index < -0.39 is 0 Å². The maximum Gasteiger partial charge on any atom is 0.254 e. The smallest absolute Gasteiger partial charge is 0.254 e. The second-order valence-electron chi connectivity index (χ2n) is 7.13. The minimum Gasteiger partial charge on any atom is -0.466 e. The van der Waals surface area contributed by atoms with E-state index in [4.69, 9.17) is 9.40 Å². The molecule has 0 aliphatic rings. The van der Waals surface area contributed by atoms with Crippen LogP contribution >= 0.6 is 0 Å². The molecule has 27 heavy (non-hydrogen) atoms. The van der Waals surface area contributed by atoms with Gasteiger partial charge in [0.15, 0.2) is 5.65 Å². The molecule has 144 valence electrons. The lowest BCUT2D eigenvalue weighted by Crippen LogP contribution is -2.33. The number of rotatable bonds is 6. The molecule has 1 N–H and O–H groups in total. The summed E-state index contributed by atoms with van der Waals surface area (Å²) in [6, 6.07) is 3.95. The Morgan fingerprint density at radius 3 is 2.67 bits per heavy atom. The van der Waals surface area contributed by atoms with E-state index in [9.17, 15) is 4.79 Å². The standard InChI is InChI=1S/C20H27N5O2/c1-12(2)25-19-17(11-22-25)16(20(26)24(6)8-7-21-5)10-18(23-19)15-9-13(3)27-14(15)4/h9-12,21H,7-8H2,1-6H3. The Balaban J connectivity index is 2.19. The van der Waals surface area contributed by atoms with Gasteiger partial charge in [-0.2, -0.15) is 5.10 Å². The van der Waals surface area contributed by atoms with E-state index in [-0.39, 0.29) is 11.9 Å². The second kappa shape index (κ2) is 7.52. The van der Waals surface area contributed by atoms with Crippen LogP contribution in [0.1, 0.15) is 41.8 Å². The SMILES string of the molecule is CNCCN(C)C(=O)c1cc(-c2cc(C)oc2C)nc2c1cnn2C(C)C. The van der Waals surface area contributed by atoms with Gasteiger partial charge in [-0.25, -0.2) is 9.67 Å². The summed E-state index contributed by atoms with van der Waals surface area (Å²) in [4.78, 5) is 19.7. The number of nitrogens with one attached hydrogen (secondary N) is 1. The topological polar surface area (TPSA) is 76.2 Å². The zero-order valence-electron chi connectivity index (χ0n) is 16.8. The maximum absolute atomic E-state index is 13.1. The molecule has 0 bridgehead atoms. The maximum atomic E-state index is 13.1. The summed E-state index contributed by atoms with van der Waals surface area (Å²) < 4.78 is 7.53. The van der Waals surface area contributed by atoms with Gasteiger partial charge in [0, 0.05) is 31.7 Å². The Morgan fingerprint density at radius 1 is 1.33 bits per heavy atom. The Kier molecular flexibility index (Phi) is 5.32. The minimum absolute atomic E-state index is 0.0416. The van der Waals surface area contributed by atoms with Crippen LogP contribution in [-0.4, -0.2) is 52.8 Å². The van der Waals surface area contributed by atoms with Crippen molar-refractivity contribution in [2.45, 2.75) is 33.7 Å². The minimum atomic E-state index is -0.0416. The molecule has 3 rings (SSSR count). The first-order valence-electron chi connectivity index (χ1n) is 9.19. The number of hydrogen-bond donors (Lipinski definition) is 1. The fourth-order valence-corrected chi connectivity index (χ4v) is 3.18. The fraction of sp³-hybridized carbons (Fsp3) is 0.450. The third-order valence-electron chi connectivity index (χ3n) is 4.65. The second-order valence-corrected chi connectivity index (χ2v) is 7.13. The van der Waals surface area contributed by atoms with Gasteiger partial charge in [0.05, 0.1) is 22.8 Å². The summed E-state index contributed by atoms with van der Waals surface area (Å²) in [7, 11) is 3.68. The predicted molar refractivity (Wildman–Crippen MR) is 106 cm³/mol. The summed E-state index contributed by atoms with van der Waals surface area (Å²) in [6.07, 6.45) is 1.73. The van der Waals surface area contributed by atoms with E-state index >= 15 is 0 Å². The Hall–Kier alpha value is -2.67. The zero-order chi connectivity index (χ0) is 19.7. The van der Waals surface area contributed by atoms with Crippen LogP contribution < -0.4 is 5.32 Å². The molecule has 0 fully saturated rings. The van der Waals surface area contributed by atoms with Crippen molar-refractivity contribution in [2.75, 3.05) is 27.2 Å². The van der Waals surface area contributed by atoms with Gasteiger partial charge in [-0.1, -0.05) is 0 Å². The number of hydrogen-bond acceptors (Lipinski definition) is 5.